The molecule has 0 aliphatic carbocycles. The number of carbonyl (C=O) groups excluding carboxylic acids is 2. The number of amides is 1. The van der Waals surface area contributed by atoms with Crippen molar-refractivity contribution in [3.8, 4) is 0 Å². The smallest absolute Gasteiger partial charge is 0.339 e. The number of aromatic nitrogens is 1. The van der Waals surface area contributed by atoms with Crippen molar-refractivity contribution in [1.29, 1.82) is 0 Å². The van der Waals surface area contributed by atoms with Gasteiger partial charge < -0.3 is 14.6 Å². The number of hydrogen-bond donors (Lipinski definition) is 1. The Balaban J connectivity index is 1.75. The maximum atomic E-state index is 12.5. The molecule has 2 atom stereocenters. The number of esters is 1. The number of fused-ring (bicyclic) bond motifs is 1. The summed E-state index contributed by atoms with van der Waals surface area (Å²) in [7, 11) is 0. The molecule has 1 amide bonds. The molecule has 1 aliphatic heterocycles. The highest BCUT2D eigenvalue weighted by molar-refractivity contribution is 6.03. The van der Waals surface area contributed by atoms with Gasteiger partial charge in [-0.1, -0.05) is 18.2 Å². The summed E-state index contributed by atoms with van der Waals surface area (Å²) >= 11 is 0. The number of nitrogens with zero attached hydrogens (tertiary/aromatic N) is 1. The van der Waals surface area contributed by atoms with Crippen LogP contribution in [0.3, 0.4) is 0 Å². The van der Waals surface area contributed by atoms with Crippen LogP contribution in [0.2, 0.25) is 0 Å². The molecule has 1 saturated heterocycles. The van der Waals surface area contributed by atoms with E-state index in [1.54, 1.807) is 29.2 Å². The fraction of sp³-hybridized carbons (Fsp3) is 0.421. The first kappa shape index (κ1) is 17.2. The van der Waals surface area contributed by atoms with Crippen molar-refractivity contribution in [2.45, 2.75) is 45.2 Å². The summed E-state index contributed by atoms with van der Waals surface area (Å²) in [5.41, 5.74) is 0.355. The summed E-state index contributed by atoms with van der Waals surface area (Å²) < 4.78 is 5.22. The summed E-state index contributed by atoms with van der Waals surface area (Å²) in [6, 6.07) is 8.51. The fourth-order valence-electron chi connectivity index (χ4n) is 3.57. The highest BCUT2D eigenvalue weighted by atomic mass is 16.5. The van der Waals surface area contributed by atoms with Gasteiger partial charge in [-0.25, -0.2) is 4.79 Å². The van der Waals surface area contributed by atoms with Crippen molar-refractivity contribution in [3.05, 3.63) is 46.2 Å². The molecule has 0 saturated carbocycles. The Hall–Kier alpha value is -2.63. The van der Waals surface area contributed by atoms with Crippen LogP contribution in [0.1, 0.15) is 43.5 Å². The number of nitrogens with one attached hydrogen (secondary N) is 1. The van der Waals surface area contributed by atoms with Crippen LogP contribution in [-0.4, -0.2) is 40.5 Å². The molecule has 25 heavy (non-hydrogen) atoms. The minimum atomic E-state index is -0.659. The molecule has 0 bridgehead atoms. The Kier molecular flexibility index (Phi) is 4.88. The lowest BCUT2D eigenvalue weighted by atomic mass is 9.97. The molecular formula is C19H22N2O4. The topological polar surface area (TPSA) is 79.5 Å². The Morgan fingerprint density at radius 2 is 1.88 bits per heavy atom. The molecule has 0 unspecified atom stereocenters. The number of likely N-dealkylation sites (tertiary alicyclic amines) is 1. The van der Waals surface area contributed by atoms with E-state index in [1.165, 1.54) is 6.07 Å². The van der Waals surface area contributed by atoms with Gasteiger partial charge in [0.15, 0.2) is 6.61 Å². The van der Waals surface area contributed by atoms with Gasteiger partial charge in [0.1, 0.15) is 0 Å². The Morgan fingerprint density at radius 3 is 2.60 bits per heavy atom. The molecule has 2 heterocycles. The van der Waals surface area contributed by atoms with Crippen LogP contribution in [0.15, 0.2) is 35.1 Å². The molecule has 6 nitrogen and oxygen atoms in total. The SMILES string of the molecule is C[C@H]1CCC[C@H](C)N1C(=O)COC(=O)c1cc(=O)[nH]c2ccccc12. The van der Waals surface area contributed by atoms with Gasteiger partial charge in [-0.15, -0.1) is 0 Å². The molecule has 0 spiro atoms. The molecule has 1 aromatic carbocycles. The lowest BCUT2D eigenvalue weighted by Gasteiger charge is -2.38. The molecule has 1 aromatic heterocycles. The number of H-pyrrole nitrogens is 1. The number of aromatic amines is 1. The first-order valence-corrected chi connectivity index (χ1v) is 8.57. The maximum Gasteiger partial charge on any atom is 0.339 e. The average molecular weight is 342 g/mol. The van der Waals surface area contributed by atoms with E-state index >= 15 is 0 Å². The zero-order valence-corrected chi connectivity index (χ0v) is 14.5. The first-order chi connectivity index (χ1) is 12.0. The number of benzene rings is 1. The molecule has 132 valence electrons. The van der Waals surface area contributed by atoms with E-state index in [0.717, 1.165) is 19.3 Å². The Bertz CT molecular complexity index is 848. The largest absolute Gasteiger partial charge is 0.452 e. The first-order valence-electron chi connectivity index (χ1n) is 8.57. The van der Waals surface area contributed by atoms with Crippen molar-refractivity contribution in [2.75, 3.05) is 6.61 Å². The van der Waals surface area contributed by atoms with E-state index in [4.69, 9.17) is 4.74 Å². The second kappa shape index (κ2) is 7.09. The van der Waals surface area contributed by atoms with Gasteiger partial charge in [0.25, 0.3) is 5.91 Å². The summed E-state index contributed by atoms with van der Waals surface area (Å²) in [4.78, 5) is 41.1. The van der Waals surface area contributed by atoms with Crippen LogP contribution < -0.4 is 5.56 Å². The minimum absolute atomic E-state index is 0.148. The molecule has 1 aliphatic rings. The van der Waals surface area contributed by atoms with Gasteiger partial charge in [-0.3, -0.25) is 9.59 Å². The lowest BCUT2D eigenvalue weighted by molar-refractivity contribution is -0.140. The van der Waals surface area contributed by atoms with Crippen LogP contribution >= 0.6 is 0 Å². The number of rotatable bonds is 3. The number of ether oxygens (including phenoxy) is 1. The molecule has 0 radical (unpaired) electrons. The number of pyridine rings is 1. The van der Waals surface area contributed by atoms with Crippen molar-refractivity contribution in [1.82, 2.24) is 9.88 Å². The van der Waals surface area contributed by atoms with Crippen LogP contribution in [0.25, 0.3) is 10.9 Å². The molecule has 1 N–H and O–H groups in total. The number of para-hydroxylation sites is 1. The number of carbonyl (C=O) groups is 2. The predicted molar refractivity (Wildman–Crippen MR) is 94.5 cm³/mol. The monoisotopic (exact) mass is 342 g/mol. The standard InChI is InChI=1S/C19H22N2O4/c1-12-6-5-7-13(2)21(12)18(23)11-25-19(24)15-10-17(22)20-16-9-4-3-8-14(15)16/h3-4,8-10,12-13H,5-7,11H2,1-2H3,(H,20,22)/t12-,13-/m0/s1. The minimum Gasteiger partial charge on any atom is -0.452 e. The van der Waals surface area contributed by atoms with E-state index in [-0.39, 0.29) is 35.7 Å². The van der Waals surface area contributed by atoms with Crippen molar-refractivity contribution >= 4 is 22.8 Å². The Labute approximate surface area is 145 Å². The van der Waals surface area contributed by atoms with Crippen LogP contribution in [0.5, 0.6) is 0 Å². The highest BCUT2D eigenvalue weighted by Gasteiger charge is 2.29. The van der Waals surface area contributed by atoms with Gasteiger partial charge in [0.05, 0.1) is 5.56 Å². The van der Waals surface area contributed by atoms with Crippen LogP contribution in [0, 0.1) is 0 Å². The molecular weight excluding hydrogens is 320 g/mol. The highest BCUT2D eigenvalue weighted by Crippen LogP contribution is 2.22. The van der Waals surface area contributed by atoms with Gasteiger partial charge in [-0.2, -0.15) is 0 Å². The number of hydrogen-bond acceptors (Lipinski definition) is 4. The Morgan fingerprint density at radius 1 is 1.20 bits per heavy atom. The third kappa shape index (κ3) is 3.57. The van der Waals surface area contributed by atoms with Crippen molar-refractivity contribution in [2.24, 2.45) is 0 Å². The zero-order chi connectivity index (χ0) is 18.0. The summed E-state index contributed by atoms with van der Waals surface area (Å²) in [6.45, 7) is 3.72. The predicted octanol–water partition coefficient (Wildman–Crippen LogP) is 2.47. The summed E-state index contributed by atoms with van der Waals surface area (Å²) in [5.74, 6) is -0.852. The zero-order valence-electron chi connectivity index (χ0n) is 14.5. The molecule has 6 heteroatoms. The van der Waals surface area contributed by atoms with Crippen molar-refractivity contribution in [3.63, 3.8) is 0 Å². The lowest BCUT2D eigenvalue weighted by Crippen LogP contribution is -2.49. The second-order valence-corrected chi connectivity index (χ2v) is 6.60. The molecule has 2 aromatic rings. The quantitative estimate of drug-likeness (QED) is 0.869. The third-order valence-electron chi connectivity index (χ3n) is 4.78. The van der Waals surface area contributed by atoms with Gasteiger partial charge in [0.2, 0.25) is 5.56 Å². The normalized spacial score (nSPS) is 20.5. The van der Waals surface area contributed by atoms with Crippen LogP contribution in [0.4, 0.5) is 0 Å². The van der Waals surface area contributed by atoms with E-state index in [9.17, 15) is 14.4 Å². The van der Waals surface area contributed by atoms with Gasteiger partial charge in [-0.05, 0) is 39.2 Å². The fourth-order valence-corrected chi connectivity index (χ4v) is 3.57. The summed E-state index contributed by atoms with van der Waals surface area (Å²) in [6.07, 6.45) is 3.02. The van der Waals surface area contributed by atoms with E-state index in [0.29, 0.717) is 10.9 Å². The van der Waals surface area contributed by atoms with E-state index in [1.807, 2.05) is 13.8 Å². The molecule has 1 fully saturated rings. The number of piperidine rings is 1. The third-order valence-corrected chi connectivity index (χ3v) is 4.78. The maximum absolute atomic E-state index is 12.5. The van der Waals surface area contributed by atoms with E-state index < -0.39 is 5.97 Å². The van der Waals surface area contributed by atoms with Crippen molar-refractivity contribution < 1.29 is 14.3 Å². The van der Waals surface area contributed by atoms with Gasteiger partial charge >= 0.3 is 5.97 Å². The second-order valence-electron chi connectivity index (χ2n) is 6.60. The van der Waals surface area contributed by atoms with Gasteiger partial charge in [0, 0.05) is 29.1 Å². The average Bonchev–Trinajstić information content (AvgIpc) is 2.58. The summed E-state index contributed by atoms with van der Waals surface area (Å²) in [5, 5.41) is 0.597. The molecule has 3 rings (SSSR count). The van der Waals surface area contributed by atoms with Crippen LogP contribution in [-0.2, 0) is 9.53 Å². The van der Waals surface area contributed by atoms with E-state index in [2.05, 4.69) is 4.98 Å².